The van der Waals surface area contributed by atoms with E-state index in [1.807, 2.05) is 0 Å². The first-order valence-electron chi connectivity index (χ1n) is 7.12. The Bertz CT molecular complexity index is 492. The van der Waals surface area contributed by atoms with Gasteiger partial charge >= 0.3 is 0 Å². The SMILES string of the molecule is CCC1CCC(C)N1Cc1cc(C(=O)NN)ccc1F. The third-order valence-corrected chi connectivity index (χ3v) is 4.22. The zero-order valence-electron chi connectivity index (χ0n) is 12.0. The smallest absolute Gasteiger partial charge is 0.265 e. The summed E-state index contributed by atoms with van der Waals surface area (Å²) >= 11 is 0. The lowest BCUT2D eigenvalue weighted by molar-refractivity contribution is 0.0953. The highest BCUT2D eigenvalue weighted by Gasteiger charge is 2.29. The molecule has 0 aromatic heterocycles. The van der Waals surface area contributed by atoms with Crippen LogP contribution in [0, 0.1) is 5.82 Å². The normalized spacial score (nSPS) is 23.0. The van der Waals surface area contributed by atoms with Gasteiger partial charge in [-0.05, 0) is 44.4 Å². The molecule has 2 rings (SSSR count). The van der Waals surface area contributed by atoms with E-state index in [1.165, 1.54) is 12.1 Å². The maximum Gasteiger partial charge on any atom is 0.265 e. The number of rotatable bonds is 4. The summed E-state index contributed by atoms with van der Waals surface area (Å²) in [5, 5.41) is 0. The summed E-state index contributed by atoms with van der Waals surface area (Å²) in [4.78, 5) is 13.8. The summed E-state index contributed by atoms with van der Waals surface area (Å²) < 4.78 is 14.0. The molecule has 5 heteroatoms. The number of amides is 1. The number of carbonyl (C=O) groups is 1. The van der Waals surface area contributed by atoms with E-state index in [4.69, 9.17) is 5.84 Å². The van der Waals surface area contributed by atoms with Gasteiger partial charge in [0.05, 0.1) is 0 Å². The predicted molar refractivity (Wildman–Crippen MR) is 76.4 cm³/mol. The van der Waals surface area contributed by atoms with Crippen LogP contribution < -0.4 is 11.3 Å². The van der Waals surface area contributed by atoms with Gasteiger partial charge in [0.2, 0.25) is 0 Å². The van der Waals surface area contributed by atoms with Gasteiger partial charge in [-0.25, -0.2) is 10.2 Å². The quantitative estimate of drug-likeness (QED) is 0.504. The Morgan fingerprint density at radius 3 is 2.90 bits per heavy atom. The molecule has 2 unspecified atom stereocenters. The van der Waals surface area contributed by atoms with Gasteiger partial charge in [-0.15, -0.1) is 0 Å². The Morgan fingerprint density at radius 2 is 2.25 bits per heavy atom. The van der Waals surface area contributed by atoms with Crippen LogP contribution in [0.2, 0.25) is 0 Å². The van der Waals surface area contributed by atoms with Crippen molar-refractivity contribution in [2.45, 2.75) is 51.7 Å². The molecule has 2 atom stereocenters. The number of hydrogen-bond acceptors (Lipinski definition) is 3. The number of nitrogens with zero attached hydrogens (tertiary/aromatic N) is 1. The topological polar surface area (TPSA) is 58.4 Å². The van der Waals surface area contributed by atoms with Crippen molar-refractivity contribution >= 4 is 5.91 Å². The summed E-state index contributed by atoms with van der Waals surface area (Å²) in [6, 6.07) is 5.32. The van der Waals surface area contributed by atoms with E-state index in [0.717, 1.165) is 19.3 Å². The van der Waals surface area contributed by atoms with Crippen LogP contribution in [0.25, 0.3) is 0 Å². The van der Waals surface area contributed by atoms with Crippen molar-refractivity contribution < 1.29 is 9.18 Å². The average Bonchev–Trinajstić information content (AvgIpc) is 2.81. The molecule has 4 nitrogen and oxygen atoms in total. The minimum atomic E-state index is -0.396. The fourth-order valence-corrected chi connectivity index (χ4v) is 2.97. The standard InChI is InChI=1S/C15H22FN3O/c1-3-13-6-4-10(2)19(13)9-12-8-11(15(20)18-17)5-7-14(12)16/h5,7-8,10,13H,3-4,6,9,17H2,1-2H3,(H,18,20). The fraction of sp³-hybridized carbons (Fsp3) is 0.533. The van der Waals surface area contributed by atoms with Crippen LogP contribution in [0.5, 0.6) is 0 Å². The number of hydrazine groups is 1. The lowest BCUT2D eigenvalue weighted by Crippen LogP contribution is -2.34. The highest BCUT2D eigenvalue weighted by molar-refractivity contribution is 5.93. The molecule has 1 aliphatic heterocycles. The van der Waals surface area contributed by atoms with Crippen molar-refractivity contribution in [3.05, 3.63) is 35.1 Å². The first-order valence-corrected chi connectivity index (χ1v) is 7.12. The van der Waals surface area contributed by atoms with Gasteiger partial charge in [-0.3, -0.25) is 15.1 Å². The second kappa shape index (κ2) is 6.33. The average molecular weight is 279 g/mol. The van der Waals surface area contributed by atoms with Crippen molar-refractivity contribution in [1.29, 1.82) is 0 Å². The predicted octanol–water partition coefficient (Wildman–Crippen LogP) is 2.19. The highest BCUT2D eigenvalue weighted by Crippen LogP contribution is 2.28. The van der Waals surface area contributed by atoms with Gasteiger partial charge in [0.15, 0.2) is 0 Å². The van der Waals surface area contributed by atoms with Crippen LogP contribution in [0.4, 0.5) is 4.39 Å². The molecular weight excluding hydrogens is 257 g/mol. The number of nitrogens with two attached hydrogens (primary N) is 1. The van der Waals surface area contributed by atoms with Crippen molar-refractivity contribution in [3.63, 3.8) is 0 Å². The lowest BCUT2D eigenvalue weighted by atomic mass is 10.1. The number of likely N-dealkylation sites (tertiary alicyclic amines) is 1. The molecule has 1 saturated heterocycles. The Morgan fingerprint density at radius 1 is 1.50 bits per heavy atom. The van der Waals surface area contributed by atoms with Crippen LogP contribution in [0.15, 0.2) is 18.2 Å². The minimum absolute atomic E-state index is 0.271. The van der Waals surface area contributed by atoms with Gasteiger partial charge < -0.3 is 0 Å². The first-order chi connectivity index (χ1) is 9.56. The molecule has 1 amide bonds. The zero-order chi connectivity index (χ0) is 14.7. The van der Waals surface area contributed by atoms with Gasteiger partial charge in [-0.1, -0.05) is 6.92 Å². The molecular formula is C15H22FN3O. The van der Waals surface area contributed by atoms with Crippen molar-refractivity contribution in [2.75, 3.05) is 0 Å². The number of halogens is 1. The number of nitrogens with one attached hydrogen (secondary N) is 1. The number of benzene rings is 1. The first kappa shape index (κ1) is 14.9. The molecule has 0 aliphatic carbocycles. The van der Waals surface area contributed by atoms with Gasteiger partial charge in [0, 0.05) is 29.8 Å². The van der Waals surface area contributed by atoms with Gasteiger partial charge in [-0.2, -0.15) is 0 Å². The molecule has 1 aliphatic rings. The van der Waals surface area contributed by atoms with Gasteiger partial charge in [0.1, 0.15) is 5.82 Å². The molecule has 1 heterocycles. The zero-order valence-corrected chi connectivity index (χ0v) is 12.0. The van der Waals surface area contributed by atoms with Gasteiger partial charge in [0.25, 0.3) is 5.91 Å². The summed E-state index contributed by atoms with van der Waals surface area (Å²) in [5.41, 5.74) is 3.02. The molecule has 3 N–H and O–H groups in total. The molecule has 1 fully saturated rings. The Hall–Kier alpha value is -1.46. The molecule has 0 saturated carbocycles. The summed E-state index contributed by atoms with van der Waals surface area (Å²) in [6.07, 6.45) is 3.36. The van der Waals surface area contributed by atoms with E-state index in [1.54, 1.807) is 6.07 Å². The van der Waals surface area contributed by atoms with Crippen molar-refractivity contribution in [3.8, 4) is 0 Å². The van der Waals surface area contributed by atoms with Crippen LogP contribution >= 0.6 is 0 Å². The molecule has 110 valence electrons. The molecule has 20 heavy (non-hydrogen) atoms. The third kappa shape index (κ3) is 2.99. The lowest BCUT2D eigenvalue weighted by Gasteiger charge is -2.28. The minimum Gasteiger partial charge on any atom is -0.293 e. The molecule has 0 radical (unpaired) electrons. The van der Waals surface area contributed by atoms with E-state index < -0.39 is 5.91 Å². The molecule has 0 spiro atoms. The summed E-state index contributed by atoms with van der Waals surface area (Å²) in [5.74, 6) is 4.45. The van der Waals surface area contributed by atoms with E-state index in [2.05, 4.69) is 24.2 Å². The highest BCUT2D eigenvalue weighted by atomic mass is 19.1. The Labute approximate surface area is 119 Å². The molecule has 0 bridgehead atoms. The summed E-state index contributed by atoms with van der Waals surface area (Å²) in [6.45, 7) is 4.87. The fourth-order valence-electron chi connectivity index (χ4n) is 2.97. The Kier molecular flexibility index (Phi) is 4.73. The third-order valence-electron chi connectivity index (χ3n) is 4.22. The monoisotopic (exact) mass is 279 g/mol. The molecule has 1 aromatic rings. The van der Waals surface area contributed by atoms with Crippen molar-refractivity contribution in [2.24, 2.45) is 5.84 Å². The van der Waals surface area contributed by atoms with E-state index in [0.29, 0.717) is 29.8 Å². The summed E-state index contributed by atoms with van der Waals surface area (Å²) in [7, 11) is 0. The van der Waals surface area contributed by atoms with Crippen LogP contribution in [-0.4, -0.2) is 22.9 Å². The second-order valence-corrected chi connectivity index (χ2v) is 5.44. The van der Waals surface area contributed by atoms with E-state index >= 15 is 0 Å². The molecule has 1 aromatic carbocycles. The second-order valence-electron chi connectivity index (χ2n) is 5.44. The van der Waals surface area contributed by atoms with E-state index in [9.17, 15) is 9.18 Å². The number of carbonyl (C=O) groups excluding carboxylic acids is 1. The maximum absolute atomic E-state index is 14.0. The largest absolute Gasteiger partial charge is 0.293 e. The van der Waals surface area contributed by atoms with E-state index in [-0.39, 0.29) is 5.82 Å². The Balaban J connectivity index is 2.21. The number of nitrogen functional groups attached to an aromatic ring is 1. The van der Waals surface area contributed by atoms with Crippen LogP contribution in [-0.2, 0) is 6.54 Å². The number of hydrogen-bond donors (Lipinski definition) is 2. The maximum atomic E-state index is 14.0. The van der Waals surface area contributed by atoms with Crippen LogP contribution in [0.1, 0.15) is 49.0 Å². The van der Waals surface area contributed by atoms with Crippen LogP contribution in [0.3, 0.4) is 0 Å². The van der Waals surface area contributed by atoms with Crippen molar-refractivity contribution in [1.82, 2.24) is 10.3 Å².